The summed E-state index contributed by atoms with van der Waals surface area (Å²) in [5.41, 5.74) is -1.88. The number of halogens is 1. The normalized spacial score (nSPS) is 14.8. The van der Waals surface area contributed by atoms with Crippen molar-refractivity contribution in [3.8, 4) is 0 Å². The van der Waals surface area contributed by atoms with Crippen molar-refractivity contribution in [3.05, 3.63) is 0 Å². The molecule has 0 saturated carbocycles. The fourth-order valence-electron chi connectivity index (χ4n) is 0.719. The number of sulfonamides is 1. The molecule has 1 unspecified atom stereocenters. The van der Waals surface area contributed by atoms with Gasteiger partial charge in [0.25, 0.3) is 0 Å². The molecule has 0 aromatic carbocycles. The van der Waals surface area contributed by atoms with Gasteiger partial charge < -0.3 is 0 Å². The maximum absolute atomic E-state index is 12.5. The maximum Gasteiger partial charge on any atom is 0.241 e. The first-order chi connectivity index (χ1) is 4.98. The Kier molecular flexibility index (Phi) is 4.60. The number of primary sulfonamides is 1. The lowest BCUT2D eigenvalue weighted by atomic mass is 10.2. The number of nitrogens with two attached hydrogens (primary N) is 1. The molecule has 0 amide bonds. The van der Waals surface area contributed by atoms with Crippen LogP contribution in [-0.2, 0) is 10.0 Å². The highest BCUT2D eigenvalue weighted by molar-refractivity contribution is 7.89. The Morgan fingerprint density at radius 2 is 2.00 bits per heavy atom. The predicted octanol–water partition coefficient (Wildman–Crippen LogP) is 1.15. The Morgan fingerprint density at radius 3 is 2.36 bits per heavy atom. The number of alkyl halides is 1. The summed E-state index contributed by atoms with van der Waals surface area (Å²) in [5, 5.41) is 4.56. The largest absolute Gasteiger partial charge is 0.241 e. The Morgan fingerprint density at radius 1 is 1.45 bits per heavy atom. The Labute approximate surface area is 66.8 Å². The van der Waals surface area contributed by atoms with Gasteiger partial charge in [0.1, 0.15) is 0 Å². The van der Waals surface area contributed by atoms with Crippen molar-refractivity contribution in [2.45, 2.75) is 38.1 Å². The fraction of sp³-hybridized carbons (Fsp3) is 1.00. The zero-order valence-electron chi connectivity index (χ0n) is 6.59. The van der Waals surface area contributed by atoms with Gasteiger partial charge in [-0.15, -0.1) is 0 Å². The van der Waals surface area contributed by atoms with Crippen molar-refractivity contribution >= 4 is 10.0 Å². The van der Waals surface area contributed by atoms with E-state index in [1.54, 1.807) is 0 Å². The number of hydrogen-bond acceptors (Lipinski definition) is 2. The maximum atomic E-state index is 12.5. The summed E-state index contributed by atoms with van der Waals surface area (Å²) in [6, 6.07) is 0. The summed E-state index contributed by atoms with van der Waals surface area (Å²) in [4.78, 5) is 0. The molecule has 2 N–H and O–H groups in total. The molecule has 0 radical (unpaired) electrons. The smallest absolute Gasteiger partial charge is 0.229 e. The van der Waals surface area contributed by atoms with E-state index in [1.807, 2.05) is 6.92 Å². The van der Waals surface area contributed by atoms with Crippen LogP contribution in [0.3, 0.4) is 0 Å². The topological polar surface area (TPSA) is 60.2 Å². The van der Waals surface area contributed by atoms with Crippen LogP contribution in [0.2, 0.25) is 0 Å². The lowest BCUT2D eigenvalue weighted by Crippen LogP contribution is -2.24. The second kappa shape index (κ2) is 4.66. The zero-order chi connectivity index (χ0) is 8.91. The van der Waals surface area contributed by atoms with Gasteiger partial charge in [0.2, 0.25) is 15.5 Å². The van der Waals surface area contributed by atoms with Gasteiger partial charge in [0.15, 0.2) is 0 Å². The van der Waals surface area contributed by atoms with E-state index in [9.17, 15) is 12.8 Å². The highest BCUT2D eigenvalue weighted by Crippen LogP contribution is 2.09. The highest BCUT2D eigenvalue weighted by atomic mass is 32.2. The minimum absolute atomic E-state index is 0.0205. The summed E-state index contributed by atoms with van der Waals surface area (Å²) >= 11 is 0. The van der Waals surface area contributed by atoms with Gasteiger partial charge >= 0.3 is 0 Å². The lowest BCUT2D eigenvalue weighted by molar-refractivity contribution is 0.387. The van der Waals surface area contributed by atoms with E-state index < -0.39 is 15.5 Å². The van der Waals surface area contributed by atoms with Crippen LogP contribution in [0.25, 0.3) is 0 Å². The van der Waals surface area contributed by atoms with E-state index >= 15 is 0 Å². The third-order valence-corrected chi connectivity index (χ3v) is 2.34. The van der Waals surface area contributed by atoms with Crippen molar-refractivity contribution < 1.29 is 12.8 Å². The van der Waals surface area contributed by atoms with Crippen molar-refractivity contribution in [2.75, 3.05) is 0 Å². The first-order valence-corrected chi connectivity index (χ1v) is 5.25. The molecule has 0 aliphatic rings. The van der Waals surface area contributed by atoms with Gasteiger partial charge in [0.05, 0.1) is 0 Å². The molecule has 0 rings (SSSR count). The lowest BCUT2D eigenvalue weighted by Gasteiger charge is -2.03. The summed E-state index contributed by atoms with van der Waals surface area (Å²) in [5.74, 6) is 0. The van der Waals surface area contributed by atoms with Gasteiger partial charge in [0, 0.05) is 0 Å². The molecule has 0 fully saturated rings. The van der Waals surface area contributed by atoms with Crippen LogP contribution in [0.15, 0.2) is 0 Å². The quantitative estimate of drug-likeness (QED) is 0.650. The monoisotopic (exact) mass is 183 g/mol. The Balaban J connectivity index is 3.62. The molecule has 1 atom stereocenters. The van der Waals surface area contributed by atoms with Crippen molar-refractivity contribution in [1.82, 2.24) is 0 Å². The second-order valence-electron chi connectivity index (χ2n) is 2.49. The Bertz CT molecular complexity index is 191. The van der Waals surface area contributed by atoms with Crippen LogP contribution < -0.4 is 5.14 Å². The van der Waals surface area contributed by atoms with Crippen LogP contribution in [0.4, 0.5) is 4.39 Å². The first-order valence-electron chi connectivity index (χ1n) is 3.64. The first kappa shape index (κ1) is 10.8. The molecular weight excluding hydrogens is 169 g/mol. The van der Waals surface area contributed by atoms with Gasteiger partial charge in [-0.05, 0) is 12.8 Å². The molecule has 5 heteroatoms. The molecule has 0 aromatic rings. The number of rotatable bonds is 5. The summed E-state index contributed by atoms with van der Waals surface area (Å²) in [6.07, 6.45) is 2.38. The molecule has 0 aliphatic heterocycles. The van der Waals surface area contributed by atoms with E-state index in [-0.39, 0.29) is 6.42 Å². The van der Waals surface area contributed by atoms with Gasteiger partial charge in [-0.1, -0.05) is 19.8 Å². The molecule has 68 valence electrons. The molecule has 0 aliphatic carbocycles. The summed E-state index contributed by atoms with van der Waals surface area (Å²) < 4.78 is 33.2. The minimum Gasteiger partial charge on any atom is -0.229 e. The van der Waals surface area contributed by atoms with Crippen molar-refractivity contribution in [2.24, 2.45) is 5.14 Å². The summed E-state index contributed by atoms with van der Waals surface area (Å²) in [6.45, 7) is 1.96. The van der Waals surface area contributed by atoms with Gasteiger partial charge in [-0.25, -0.2) is 17.9 Å². The average Bonchev–Trinajstić information content (AvgIpc) is 1.86. The average molecular weight is 183 g/mol. The third-order valence-electron chi connectivity index (χ3n) is 1.39. The van der Waals surface area contributed by atoms with E-state index in [0.717, 1.165) is 12.8 Å². The number of hydrogen-bond donors (Lipinski definition) is 1. The minimum atomic E-state index is -3.95. The molecule has 0 bridgehead atoms. The van der Waals surface area contributed by atoms with E-state index in [2.05, 4.69) is 5.14 Å². The molecule has 0 heterocycles. The van der Waals surface area contributed by atoms with Gasteiger partial charge in [-0.2, -0.15) is 0 Å². The highest BCUT2D eigenvalue weighted by Gasteiger charge is 2.18. The molecule has 0 spiro atoms. The predicted molar refractivity (Wildman–Crippen MR) is 42.1 cm³/mol. The Hall–Kier alpha value is -0.160. The molecule has 0 aromatic heterocycles. The van der Waals surface area contributed by atoms with E-state index in [0.29, 0.717) is 6.42 Å². The van der Waals surface area contributed by atoms with Crippen molar-refractivity contribution in [3.63, 3.8) is 0 Å². The fourth-order valence-corrected chi connectivity index (χ4v) is 1.21. The van der Waals surface area contributed by atoms with Gasteiger partial charge in [-0.3, -0.25) is 0 Å². The zero-order valence-corrected chi connectivity index (χ0v) is 7.40. The number of unbranched alkanes of at least 4 members (excludes halogenated alkanes) is 2. The van der Waals surface area contributed by atoms with Crippen LogP contribution in [0.1, 0.15) is 32.6 Å². The molecular formula is C6H14FNO2S. The standard InChI is InChI=1S/C6H14FNO2S/c1-2-3-4-5-6(7)11(8,9)10/h6H,2-5H2,1H3,(H2,8,9,10). The SMILES string of the molecule is CCCCCC(F)S(N)(=O)=O. The second-order valence-corrected chi connectivity index (χ2v) is 4.18. The van der Waals surface area contributed by atoms with Crippen LogP contribution in [0.5, 0.6) is 0 Å². The van der Waals surface area contributed by atoms with Crippen LogP contribution in [0, 0.1) is 0 Å². The van der Waals surface area contributed by atoms with Crippen LogP contribution >= 0.6 is 0 Å². The summed E-state index contributed by atoms with van der Waals surface area (Å²) in [7, 11) is -3.95. The van der Waals surface area contributed by atoms with E-state index in [1.165, 1.54) is 0 Å². The molecule has 3 nitrogen and oxygen atoms in total. The molecule has 0 saturated heterocycles. The third kappa shape index (κ3) is 5.15. The van der Waals surface area contributed by atoms with Crippen LogP contribution in [-0.4, -0.2) is 13.9 Å². The molecule has 11 heavy (non-hydrogen) atoms. The van der Waals surface area contributed by atoms with E-state index in [4.69, 9.17) is 0 Å². The van der Waals surface area contributed by atoms with Crippen molar-refractivity contribution in [1.29, 1.82) is 0 Å².